The minimum Gasteiger partial charge on any atom is -0.315 e. The second-order valence-corrected chi connectivity index (χ2v) is 6.06. The van der Waals surface area contributed by atoms with E-state index in [1.807, 2.05) is 42.5 Å². The number of hydrogen-bond acceptors (Lipinski definition) is 4. The molecule has 0 spiro atoms. The van der Waals surface area contributed by atoms with Crippen LogP contribution in [0.4, 0.5) is 0 Å². The zero-order chi connectivity index (χ0) is 18.0. The van der Waals surface area contributed by atoms with Gasteiger partial charge in [-0.15, -0.1) is 12.6 Å². The zero-order valence-electron chi connectivity index (χ0n) is 12.7. The fourth-order valence-corrected chi connectivity index (χ4v) is 3.11. The van der Waals surface area contributed by atoms with Crippen molar-refractivity contribution in [3.05, 3.63) is 75.0 Å². The molecule has 0 unspecified atom stereocenters. The number of H-pyrrole nitrogens is 1. The molecule has 1 N–H and O–H groups in total. The van der Waals surface area contributed by atoms with Crippen LogP contribution in [0.5, 0.6) is 0 Å². The van der Waals surface area contributed by atoms with Crippen molar-refractivity contribution < 1.29 is 0 Å². The van der Waals surface area contributed by atoms with Crippen LogP contribution in [0.25, 0.3) is 22.3 Å². The number of nitriles is 2. The Morgan fingerprint density at radius 1 is 0.920 bits per heavy atom. The van der Waals surface area contributed by atoms with E-state index in [4.69, 9.17) is 11.6 Å². The number of nitrogens with one attached hydrogen (secondary N) is 1. The quantitative estimate of drug-likeness (QED) is 0.662. The number of hydrogen-bond donors (Lipinski definition) is 2. The highest BCUT2D eigenvalue weighted by Gasteiger charge is 2.18. The Balaban J connectivity index is 2.20. The van der Waals surface area contributed by atoms with Crippen LogP contribution in [0.2, 0.25) is 5.02 Å². The van der Waals surface area contributed by atoms with Crippen molar-refractivity contribution in [1.82, 2.24) is 4.98 Å². The lowest BCUT2D eigenvalue weighted by molar-refractivity contribution is 1.06. The maximum absolute atomic E-state index is 12.0. The van der Waals surface area contributed by atoms with Gasteiger partial charge in [0, 0.05) is 16.1 Å². The summed E-state index contributed by atoms with van der Waals surface area (Å²) in [5.41, 5.74) is 2.11. The molecule has 6 heteroatoms. The van der Waals surface area contributed by atoms with Gasteiger partial charge in [0.1, 0.15) is 17.7 Å². The summed E-state index contributed by atoms with van der Waals surface area (Å²) in [6.45, 7) is 0. The average Bonchev–Trinajstić information content (AvgIpc) is 2.62. The summed E-state index contributed by atoms with van der Waals surface area (Å²) in [4.78, 5) is 14.4. The summed E-state index contributed by atoms with van der Waals surface area (Å²) in [5, 5.41) is 19.5. The molecular formula is C19H10ClN3OS. The van der Waals surface area contributed by atoms with Crippen molar-refractivity contribution in [2.75, 3.05) is 0 Å². The van der Waals surface area contributed by atoms with E-state index in [-0.39, 0.29) is 21.7 Å². The molecule has 0 aliphatic rings. The molecule has 3 rings (SSSR count). The second kappa shape index (κ2) is 6.86. The van der Waals surface area contributed by atoms with Gasteiger partial charge in [-0.3, -0.25) is 4.79 Å². The van der Waals surface area contributed by atoms with Gasteiger partial charge < -0.3 is 4.98 Å². The molecule has 1 aromatic heterocycles. The predicted octanol–water partition coefficient (Wildman–Crippen LogP) is 4.39. The fourth-order valence-electron chi connectivity index (χ4n) is 2.61. The van der Waals surface area contributed by atoms with Gasteiger partial charge in [-0.1, -0.05) is 54.1 Å². The predicted molar refractivity (Wildman–Crippen MR) is 99.6 cm³/mol. The van der Waals surface area contributed by atoms with E-state index in [9.17, 15) is 15.3 Å². The fraction of sp³-hybridized carbons (Fsp3) is 0. The Labute approximate surface area is 154 Å². The lowest BCUT2D eigenvalue weighted by Crippen LogP contribution is -2.14. The smallest absolute Gasteiger partial charge is 0.267 e. The van der Waals surface area contributed by atoms with Crippen molar-refractivity contribution >= 4 is 24.2 Å². The van der Waals surface area contributed by atoms with Gasteiger partial charge in [0.15, 0.2) is 0 Å². The van der Waals surface area contributed by atoms with Crippen molar-refractivity contribution in [2.45, 2.75) is 5.03 Å². The summed E-state index contributed by atoms with van der Waals surface area (Å²) in [6, 6.07) is 18.5. The Kier molecular flexibility index (Phi) is 4.63. The molecule has 0 saturated heterocycles. The van der Waals surface area contributed by atoms with Crippen LogP contribution in [-0.4, -0.2) is 4.98 Å². The van der Waals surface area contributed by atoms with Crippen LogP contribution in [0, 0.1) is 22.7 Å². The maximum atomic E-state index is 12.0. The number of nitrogens with zero attached hydrogens (tertiary/aromatic N) is 2. The first-order chi connectivity index (χ1) is 12.1. The highest BCUT2D eigenvalue weighted by Crippen LogP contribution is 2.32. The molecule has 1 heterocycles. The minimum absolute atomic E-state index is 0.111. The SMILES string of the molecule is N#Cc1c(S)[nH]c(=O)c(C#N)c1-c1ccc(-c2ccccc2Cl)cc1. The zero-order valence-corrected chi connectivity index (χ0v) is 14.4. The molecule has 2 aromatic carbocycles. The number of halogens is 1. The van der Waals surface area contributed by atoms with Crippen molar-refractivity contribution in [3.63, 3.8) is 0 Å². The summed E-state index contributed by atoms with van der Waals surface area (Å²) >= 11 is 10.4. The van der Waals surface area contributed by atoms with E-state index in [1.165, 1.54) is 0 Å². The molecule has 0 bridgehead atoms. The summed E-state index contributed by atoms with van der Waals surface area (Å²) in [6.07, 6.45) is 0. The molecule has 120 valence electrons. The molecular weight excluding hydrogens is 354 g/mol. The molecule has 3 aromatic rings. The van der Waals surface area contributed by atoms with Gasteiger partial charge in [0.05, 0.1) is 10.6 Å². The van der Waals surface area contributed by atoms with E-state index in [1.54, 1.807) is 18.2 Å². The van der Waals surface area contributed by atoms with E-state index >= 15 is 0 Å². The molecule has 0 atom stereocenters. The molecule has 0 aliphatic carbocycles. The van der Waals surface area contributed by atoms with E-state index < -0.39 is 5.56 Å². The van der Waals surface area contributed by atoms with Crippen LogP contribution >= 0.6 is 24.2 Å². The molecule has 0 aliphatic heterocycles. The Hall–Kier alpha value is -2.99. The van der Waals surface area contributed by atoms with Crippen molar-refractivity contribution in [3.8, 4) is 34.4 Å². The topological polar surface area (TPSA) is 80.4 Å². The van der Waals surface area contributed by atoms with Crippen LogP contribution < -0.4 is 5.56 Å². The lowest BCUT2D eigenvalue weighted by atomic mass is 9.95. The van der Waals surface area contributed by atoms with Gasteiger partial charge in [0.2, 0.25) is 0 Å². The third-order valence-corrected chi connectivity index (χ3v) is 4.44. The third-order valence-electron chi connectivity index (χ3n) is 3.78. The van der Waals surface area contributed by atoms with Gasteiger partial charge in [-0.2, -0.15) is 10.5 Å². The van der Waals surface area contributed by atoms with Gasteiger partial charge >= 0.3 is 0 Å². The molecule has 4 nitrogen and oxygen atoms in total. The maximum Gasteiger partial charge on any atom is 0.267 e. The number of aromatic nitrogens is 1. The first-order valence-electron chi connectivity index (χ1n) is 7.21. The van der Waals surface area contributed by atoms with Gasteiger partial charge in [-0.05, 0) is 17.2 Å². The van der Waals surface area contributed by atoms with Crippen LogP contribution in [0.3, 0.4) is 0 Å². The summed E-state index contributed by atoms with van der Waals surface area (Å²) < 4.78 is 0. The first-order valence-corrected chi connectivity index (χ1v) is 8.04. The average molecular weight is 364 g/mol. The number of benzene rings is 2. The normalized spacial score (nSPS) is 10.1. The standard InChI is InChI=1S/C19H10ClN3OS/c20-16-4-2-1-3-13(16)11-5-7-12(8-6-11)17-14(9-21)18(24)23-19(25)15(17)10-22/h1-8H,(H2,23,24,25). The highest BCUT2D eigenvalue weighted by molar-refractivity contribution is 7.80. The Bertz CT molecular complexity index is 1110. The number of thiol groups is 1. The second-order valence-electron chi connectivity index (χ2n) is 5.21. The molecule has 0 saturated carbocycles. The lowest BCUT2D eigenvalue weighted by Gasteiger charge is -2.10. The molecule has 25 heavy (non-hydrogen) atoms. The molecule has 0 radical (unpaired) electrons. The van der Waals surface area contributed by atoms with E-state index in [0.717, 1.165) is 11.1 Å². The number of pyridine rings is 1. The molecule has 0 amide bonds. The number of aromatic amines is 1. The van der Waals surface area contributed by atoms with Gasteiger partial charge in [-0.25, -0.2) is 0 Å². The largest absolute Gasteiger partial charge is 0.315 e. The Morgan fingerprint density at radius 2 is 1.52 bits per heavy atom. The Morgan fingerprint density at radius 3 is 2.12 bits per heavy atom. The monoisotopic (exact) mass is 363 g/mol. The number of rotatable bonds is 2. The van der Waals surface area contributed by atoms with Crippen LogP contribution in [-0.2, 0) is 0 Å². The highest BCUT2D eigenvalue weighted by atomic mass is 35.5. The summed E-state index contributed by atoms with van der Waals surface area (Å²) in [5.74, 6) is 0. The van der Waals surface area contributed by atoms with Crippen molar-refractivity contribution in [2.24, 2.45) is 0 Å². The van der Waals surface area contributed by atoms with Crippen molar-refractivity contribution in [1.29, 1.82) is 10.5 Å². The van der Waals surface area contributed by atoms with E-state index in [2.05, 4.69) is 17.6 Å². The summed E-state index contributed by atoms with van der Waals surface area (Å²) in [7, 11) is 0. The van der Waals surface area contributed by atoms with Crippen LogP contribution in [0.1, 0.15) is 11.1 Å². The molecule has 0 fully saturated rings. The van der Waals surface area contributed by atoms with E-state index in [0.29, 0.717) is 10.6 Å². The first kappa shape index (κ1) is 16.9. The third kappa shape index (κ3) is 3.04. The van der Waals surface area contributed by atoms with Crippen LogP contribution in [0.15, 0.2) is 58.4 Å². The minimum atomic E-state index is -0.573. The van der Waals surface area contributed by atoms with Gasteiger partial charge in [0.25, 0.3) is 5.56 Å².